The first kappa shape index (κ1) is 19.1. The molecule has 0 unspecified atom stereocenters. The lowest BCUT2D eigenvalue weighted by atomic mass is 9.38. The van der Waals surface area contributed by atoms with Crippen molar-refractivity contribution >= 4 is 34.4 Å². The van der Waals surface area contributed by atoms with Gasteiger partial charge in [-0.15, -0.1) is 0 Å². The maximum atomic E-state index is 13.4. The molecular formula is C22H18ClFN2O4. The minimum atomic E-state index is -0.585. The van der Waals surface area contributed by atoms with Crippen LogP contribution in [0, 0.1) is 11.2 Å². The molecular weight excluding hydrogens is 411 g/mol. The monoisotopic (exact) mass is 428 g/mol. The third-order valence-corrected chi connectivity index (χ3v) is 6.18. The molecule has 1 heterocycles. The molecule has 1 amide bonds. The van der Waals surface area contributed by atoms with Crippen LogP contribution in [-0.4, -0.2) is 28.8 Å². The first-order chi connectivity index (χ1) is 14.4. The second-order valence-electron chi connectivity index (χ2n) is 8.33. The summed E-state index contributed by atoms with van der Waals surface area (Å²) in [5, 5.41) is 3.02. The van der Waals surface area contributed by atoms with E-state index in [0.29, 0.717) is 17.5 Å². The SMILES string of the molecule is O=C(COc1ccc(Cl)c(F)c1)CC12CC(NC(=O)c3nc4ccccc4o3)(C1)C2. The lowest BCUT2D eigenvalue weighted by Crippen LogP contribution is -2.75. The predicted molar refractivity (Wildman–Crippen MR) is 107 cm³/mol. The smallest absolute Gasteiger partial charge is 0.307 e. The number of hydrogen-bond acceptors (Lipinski definition) is 5. The van der Waals surface area contributed by atoms with Gasteiger partial charge in [-0.2, -0.15) is 0 Å². The fraction of sp³-hybridized carbons (Fsp3) is 0.318. The quantitative estimate of drug-likeness (QED) is 0.606. The Morgan fingerprint density at radius 3 is 2.70 bits per heavy atom. The van der Waals surface area contributed by atoms with Crippen molar-refractivity contribution in [2.24, 2.45) is 5.41 Å². The van der Waals surface area contributed by atoms with Crippen molar-refractivity contribution in [2.45, 2.75) is 31.2 Å². The molecule has 2 aromatic carbocycles. The van der Waals surface area contributed by atoms with Gasteiger partial charge in [0.25, 0.3) is 5.89 Å². The van der Waals surface area contributed by atoms with Crippen molar-refractivity contribution in [2.75, 3.05) is 6.61 Å². The summed E-state index contributed by atoms with van der Waals surface area (Å²) in [7, 11) is 0. The molecule has 1 aromatic heterocycles. The summed E-state index contributed by atoms with van der Waals surface area (Å²) in [6, 6.07) is 11.3. The van der Waals surface area contributed by atoms with Crippen LogP contribution < -0.4 is 10.1 Å². The number of fused-ring (bicyclic) bond motifs is 1. The van der Waals surface area contributed by atoms with Gasteiger partial charge in [0.15, 0.2) is 11.4 Å². The average molecular weight is 429 g/mol. The number of aromatic nitrogens is 1. The molecule has 30 heavy (non-hydrogen) atoms. The van der Waals surface area contributed by atoms with Crippen LogP contribution in [0.1, 0.15) is 36.4 Å². The van der Waals surface area contributed by atoms with Crippen molar-refractivity contribution in [3.05, 3.63) is 59.2 Å². The number of benzene rings is 2. The van der Waals surface area contributed by atoms with E-state index in [4.69, 9.17) is 20.8 Å². The summed E-state index contributed by atoms with van der Waals surface area (Å²) >= 11 is 5.63. The fourth-order valence-electron chi connectivity index (χ4n) is 4.78. The molecule has 1 N–H and O–H groups in total. The summed E-state index contributed by atoms with van der Waals surface area (Å²) in [4.78, 5) is 29.0. The molecule has 154 valence electrons. The zero-order valence-electron chi connectivity index (χ0n) is 15.9. The third kappa shape index (κ3) is 3.33. The number of halogens is 2. The number of carbonyl (C=O) groups is 2. The largest absolute Gasteiger partial charge is 0.486 e. The summed E-state index contributed by atoms with van der Waals surface area (Å²) in [6.07, 6.45) is 2.61. The van der Waals surface area contributed by atoms with Crippen LogP contribution in [0.15, 0.2) is 46.9 Å². The molecule has 6 rings (SSSR count). The molecule has 3 aliphatic carbocycles. The minimum Gasteiger partial charge on any atom is -0.486 e. The Balaban J connectivity index is 1.12. The maximum absolute atomic E-state index is 13.4. The summed E-state index contributed by atoms with van der Waals surface area (Å²) in [5.74, 6) is -0.653. The molecule has 0 radical (unpaired) electrons. The van der Waals surface area contributed by atoms with Gasteiger partial charge in [0, 0.05) is 18.0 Å². The summed E-state index contributed by atoms with van der Waals surface area (Å²) in [5.41, 5.74) is 0.851. The topological polar surface area (TPSA) is 81.4 Å². The normalized spacial score (nSPS) is 24.1. The Bertz CT molecular complexity index is 1120. The first-order valence-corrected chi connectivity index (χ1v) is 10.0. The van der Waals surface area contributed by atoms with Crippen molar-refractivity contribution in [1.82, 2.24) is 10.3 Å². The Morgan fingerprint density at radius 2 is 1.97 bits per heavy atom. The molecule has 2 bridgehead atoms. The Kier molecular flexibility index (Phi) is 4.32. The standard InChI is InChI=1S/C22H18ClFN2O4/c23-15-6-5-14(7-16(15)24)29-9-13(27)8-21-10-22(11-21,12-21)26-19(28)20-25-17-3-1-2-4-18(17)30-20/h1-7H,8-12H2,(H,26,28). The van der Waals surface area contributed by atoms with E-state index in [0.717, 1.165) is 25.3 Å². The van der Waals surface area contributed by atoms with Crippen LogP contribution in [0.4, 0.5) is 4.39 Å². The molecule has 3 aromatic rings. The van der Waals surface area contributed by atoms with Crippen molar-refractivity contribution in [1.29, 1.82) is 0 Å². The van der Waals surface area contributed by atoms with Gasteiger partial charge in [-0.3, -0.25) is 9.59 Å². The highest BCUT2D eigenvalue weighted by Crippen LogP contribution is 2.69. The van der Waals surface area contributed by atoms with E-state index in [1.165, 1.54) is 12.1 Å². The molecule has 3 saturated carbocycles. The molecule has 0 aliphatic heterocycles. The van der Waals surface area contributed by atoms with Crippen LogP contribution in [0.3, 0.4) is 0 Å². The lowest BCUT2D eigenvalue weighted by molar-refractivity contribution is -0.162. The number of nitrogens with one attached hydrogen (secondary N) is 1. The van der Waals surface area contributed by atoms with Crippen molar-refractivity contribution in [3.63, 3.8) is 0 Å². The van der Waals surface area contributed by atoms with Crippen LogP contribution in [0.2, 0.25) is 5.02 Å². The number of amides is 1. The lowest BCUT2D eigenvalue weighted by Gasteiger charge is -2.70. The second kappa shape index (κ2) is 6.80. The molecule has 0 saturated heterocycles. The van der Waals surface area contributed by atoms with E-state index in [9.17, 15) is 14.0 Å². The van der Waals surface area contributed by atoms with E-state index >= 15 is 0 Å². The highest BCUT2D eigenvalue weighted by Gasteiger charge is 2.68. The van der Waals surface area contributed by atoms with Gasteiger partial charge in [-0.25, -0.2) is 9.37 Å². The van der Waals surface area contributed by atoms with Gasteiger partial charge in [0.2, 0.25) is 0 Å². The van der Waals surface area contributed by atoms with E-state index in [2.05, 4.69) is 10.3 Å². The van der Waals surface area contributed by atoms with Gasteiger partial charge in [0.05, 0.1) is 5.02 Å². The molecule has 3 aliphatic rings. The van der Waals surface area contributed by atoms with E-state index in [-0.39, 0.29) is 45.9 Å². The Morgan fingerprint density at radius 1 is 1.20 bits per heavy atom. The van der Waals surface area contributed by atoms with Gasteiger partial charge in [-0.05, 0) is 48.9 Å². The van der Waals surface area contributed by atoms with Gasteiger partial charge in [-0.1, -0.05) is 23.7 Å². The fourth-order valence-corrected chi connectivity index (χ4v) is 4.90. The number of carbonyl (C=O) groups excluding carboxylic acids is 2. The molecule has 3 fully saturated rings. The van der Waals surface area contributed by atoms with Crippen molar-refractivity contribution in [3.8, 4) is 5.75 Å². The zero-order valence-corrected chi connectivity index (χ0v) is 16.7. The molecule has 0 atom stereocenters. The third-order valence-electron chi connectivity index (χ3n) is 5.87. The van der Waals surface area contributed by atoms with E-state index in [1.54, 1.807) is 12.1 Å². The van der Waals surface area contributed by atoms with Gasteiger partial charge in [0.1, 0.15) is 23.7 Å². The van der Waals surface area contributed by atoms with Crippen LogP contribution in [0.5, 0.6) is 5.75 Å². The number of ketones is 1. The summed E-state index contributed by atoms with van der Waals surface area (Å²) < 4.78 is 24.3. The van der Waals surface area contributed by atoms with Crippen LogP contribution in [0.25, 0.3) is 11.1 Å². The highest BCUT2D eigenvalue weighted by atomic mass is 35.5. The number of rotatable bonds is 7. The van der Waals surface area contributed by atoms with Gasteiger partial charge < -0.3 is 14.5 Å². The van der Waals surface area contributed by atoms with E-state index < -0.39 is 5.82 Å². The highest BCUT2D eigenvalue weighted by molar-refractivity contribution is 6.30. The predicted octanol–water partition coefficient (Wildman–Crippen LogP) is 4.31. The Hall–Kier alpha value is -2.93. The number of Topliss-reactive ketones (excluding diaryl/α,β-unsaturated/α-hetero) is 1. The molecule has 0 spiro atoms. The van der Waals surface area contributed by atoms with Crippen LogP contribution >= 0.6 is 11.6 Å². The number of oxazole rings is 1. The first-order valence-electron chi connectivity index (χ1n) is 9.63. The van der Waals surface area contributed by atoms with Crippen LogP contribution in [-0.2, 0) is 4.79 Å². The minimum absolute atomic E-state index is 0.00716. The average Bonchev–Trinajstić information content (AvgIpc) is 3.10. The van der Waals surface area contributed by atoms with E-state index in [1.807, 2.05) is 12.1 Å². The summed E-state index contributed by atoms with van der Waals surface area (Å²) in [6.45, 7) is -0.120. The second-order valence-corrected chi connectivity index (χ2v) is 8.74. The number of hydrogen-bond donors (Lipinski definition) is 1. The molecule has 8 heteroatoms. The van der Waals surface area contributed by atoms with Crippen molar-refractivity contribution < 1.29 is 23.1 Å². The Labute approximate surface area is 176 Å². The number of nitrogens with zero attached hydrogens (tertiary/aromatic N) is 1. The van der Waals surface area contributed by atoms with Gasteiger partial charge >= 0.3 is 5.91 Å². The maximum Gasteiger partial charge on any atom is 0.307 e. The zero-order chi connectivity index (χ0) is 20.9. The number of para-hydroxylation sites is 2. The number of ether oxygens (including phenoxy) is 1. The molecule has 6 nitrogen and oxygen atoms in total.